The van der Waals surface area contributed by atoms with Gasteiger partial charge in [0.1, 0.15) is 0 Å². The van der Waals surface area contributed by atoms with E-state index in [-0.39, 0.29) is 0 Å². The number of hydrogen-bond donors (Lipinski definition) is 1. The number of carboxylic acids is 1. The minimum Gasteiger partial charge on any atom is -0.478 e. The highest BCUT2D eigenvalue weighted by atomic mass is 32.2. The molecule has 0 saturated carbocycles. The van der Waals surface area contributed by atoms with Crippen molar-refractivity contribution in [2.75, 3.05) is 12.5 Å². The van der Waals surface area contributed by atoms with Gasteiger partial charge < -0.3 is 5.11 Å². The van der Waals surface area contributed by atoms with Gasteiger partial charge in [-0.25, -0.2) is 4.79 Å². The molecule has 0 atom stereocenters. The van der Waals surface area contributed by atoms with Gasteiger partial charge in [-0.15, -0.1) is 34.9 Å². The molecule has 2 nitrogen and oxygen atoms in total. The number of thiophene rings is 1. The molecular weight excluding hydrogens is 212 g/mol. The third-order valence-corrected chi connectivity index (χ3v) is 4.39. The van der Waals surface area contributed by atoms with Crippen LogP contribution in [0.1, 0.15) is 10.4 Å². The first kappa shape index (κ1) is 9.95. The Labute approximate surface area is 83.4 Å². The fourth-order valence-corrected chi connectivity index (χ4v) is 3.45. The Morgan fingerprint density at radius 3 is 2.58 bits per heavy atom. The van der Waals surface area contributed by atoms with Gasteiger partial charge in [0.05, 0.1) is 9.77 Å². The largest absolute Gasteiger partial charge is 0.478 e. The highest BCUT2D eigenvalue weighted by Crippen LogP contribution is 2.35. The molecule has 1 aromatic rings. The predicted octanol–water partition coefficient (Wildman–Crippen LogP) is 2.89. The van der Waals surface area contributed by atoms with Crippen molar-refractivity contribution >= 4 is 40.8 Å². The van der Waals surface area contributed by atoms with Crippen LogP contribution in [0, 0.1) is 0 Å². The Morgan fingerprint density at radius 2 is 2.17 bits per heavy atom. The molecule has 1 aromatic heterocycles. The van der Waals surface area contributed by atoms with Crippen molar-refractivity contribution in [3.05, 3.63) is 10.9 Å². The maximum Gasteiger partial charge on any atom is 0.338 e. The number of hydrogen-bond acceptors (Lipinski definition) is 4. The van der Waals surface area contributed by atoms with Crippen LogP contribution in [0.2, 0.25) is 0 Å². The number of rotatable bonds is 3. The van der Waals surface area contributed by atoms with Gasteiger partial charge in [0.15, 0.2) is 0 Å². The second-order valence-corrected chi connectivity index (χ2v) is 4.78. The van der Waals surface area contributed by atoms with Crippen molar-refractivity contribution in [3.8, 4) is 0 Å². The maximum absolute atomic E-state index is 10.8. The molecule has 1 heterocycles. The summed E-state index contributed by atoms with van der Waals surface area (Å²) in [5.74, 6) is -0.829. The molecular formula is C7H8O2S3. The van der Waals surface area contributed by atoms with E-state index in [4.69, 9.17) is 5.11 Å². The van der Waals surface area contributed by atoms with Crippen molar-refractivity contribution in [1.29, 1.82) is 0 Å². The zero-order chi connectivity index (χ0) is 9.14. The highest BCUT2D eigenvalue weighted by Gasteiger charge is 2.16. The Hall–Kier alpha value is -0.130. The second kappa shape index (κ2) is 4.20. The molecule has 0 aromatic carbocycles. The lowest BCUT2D eigenvalue weighted by atomic mass is 10.3. The standard InChI is InChI=1S/C7H8O2S3/c1-10-4-3-12-7(11-2)5(4)6(8)9/h3H,1-2H3,(H,8,9). The summed E-state index contributed by atoms with van der Waals surface area (Å²) >= 11 is 4.45. The van der Waals surface area contributed by atoms with E-state index >= 15 is 0 Å². The minimum atomic E-state index is -0.829. The first-order valence-corrected chi connectivity index (χ1v) is 6.46. The van der Waals surface area contributed by atoms with Crippen LogP contribution in [-0.2, 0) is 0 Å². The molecule has 0 bridgehead atoms. The van der Waals surface area contributed by atoms with Gasteiger partial charge in [0, 0.05) is 10.3 Å². The SMILES string of the molecule is CSc1csc(SC)c1C(=O)O. The van der Waals surface area contributed by atoms with Crippen LogP contribution in [-0.4, -0.2) is 23.6 Å². The molecule has 0 spiro atoms. The molecule has 0 fully saturated rings. The third-order valence-electron chi connectivity index (χ3n) is 1.34. The molecule has 0 unspecified atom stereocenters. The highest BCUT2D eigenvalue weighted by molar-refractivity contribution is 8.01. The molecule has 0 saturated heterocycles. The van der Waals surface area contributed by atoms with E-state index in [1.54, 1.807) is 0 Å². The maximum atomic E-state index is 10.8. The summed E-state index contributed by atoms with van der Waals surface area (Å²) in [6.07, 6.45) is 3.78. The Balaban J connectivity index is 3.16. The van der Waals surface area contributed by atoms with Crippen LogP contribution in [0.4, 0.5) is 0 Å². The quantitative estimate of drug-likeness (QED) is 0.795. The first-order valence-electron chi connectivity index (χ1n) is 3.13. The monoisotopic (exact) mass is 220 g/mol. The first-order chi connectivity index (χ1) is 5.70. The van der Waals surface area contributed by atoms with Crippen LogP contribution in [0.5, 0.6) is 0 Å². The lowest BCUT2D eigenvalue weighted by Gasteiger charge is -1.96. The molecule has 66 valence electrons. The minimum absolute atomic E-state index is 0.458. The van der Waals surface area contributed by atoms with Crippen molar-refractivity contribution in [2.45, 2.75) is 9.10 Å². The van der Waals surface area contributed by atoms with Crippen molar-refractivity contribution in [1.82, 2.24) is 0 Å². The summed E-state index contributed by atoms with van der Waals surface area (Å²) in [5, 5.41) is 10.8. The van der Waals surface area contributed by atoms with Crippen LogP contribution >= 0.6 is 34.9 Å². The van der Waals surface area contributed by atoms with E-state index in [1.807, 2.05) is 17.9 Å². The van der Waals surface area contributed by atoms with E-state index in [9.17, 15) is 4.79 Å². The Bertz CT molecular complexity index is 271. The van der Waals surface area contributed by atoms with E-state index in [1.165, 1.54) is 34.9 Å². The molecule has 5 heteroatoms. The lowest BCUT2D eigenvalue weighted by Crippen LogP contribution is -1.96. The van der Waals surface area contributed by atoms with Gasteiger partial charge in [-0.1, -0.05) is 0 Å². The van der Waals surface area contributed by atoms with Crippen LogP contribution in [0.25, 0.3) is 0 Å². The van der Waals surface area contributed by atoms with E-state index in [2.05, 4.69) is 0 Å². The van der Waals surface area contributed by atoms with Crippen molar-refractivity contribution in [2.24, 2.45) is 0 Å². The summed E-state index contributed by atoms with van der Waals surface area (Å²) < 4.78 is 0.881. The summed E-state index contributed by atoms with van der Waals surface area (Å²) in [6, 6.07) is 0. The van der Waals surface area contributed by atoms with Gasteiger partial charge in [-0.2, -0.15) is 0 Å². The second-order valence-electron chi connectivity index (χ2n) is 1.98. The zero-order valence-electron chi connectivity index (χ0n) is 6.66. The van der Waals surface area contributed by atoms with Gasteiger partial charge in [-0.3, -0.25) is 0 Å². The molecule has 0 aliphatic heterocycles. The molecule has 1 rings (SSSR count). The average Bonchev–Trinajstić information content (AvgIpc) is 2.46. The molecule has 12 heavy (non-hydrogen) atoms. The average molecular weight is 220 g/mol. The van der Waals surface area contributed by atoms with Crippen LogP contribution in [0.3, 0.4) is 0 Å². The lowest BCUT2D eigenvalue weighted by molar-refractivity contribution is 0.0690. The number of aromatic carboxylic acids is 1. The molecule has 0 aliphatic rings. The summed E-state index contributed by atoms with van der Waals surface area (Å²) in [5.41, 5.74) is 0.458. The topological polar surface area (TPSA) is 37.3 Å². The van der Waals surface area contributed by atoms with E-state index < -0.39 is 5.97 Å². The Morgan fingerprint density at radius 1 is 1.50 bits per heavy atom. The predicted molar refractivity (Wildman–Crippen MR) is 54.8 cm³/mol. The molecule has 0 radical (unpaired) electrons. The number of thioether (sulfide) groups is 2. The third kappa shape index (κ3) is 1.78. The van der Waals surface area contributed by atoms with E-state index in [0.717, 1.165) is 9.10 Å². The molecule has 0 aliphatic carbocycles. The smallest absolute Gasteiger partial charge is 0.338 e. The van der Waals surface area contributed by atoms with Crippen LogP contribution in [0.15, 0.2) is 14.5 Å². The molecule has 1 N–H and O–H groups in total. The van der Waals surface area contributed by atoms with Gasteiger partial charge >= 0.3 is 5.97 Å². The summed E-state index contributed by atoms with van der Waals surface area (Å²) in [6.45, 7) is 0. The van der Waals surface area contributed by atoms with Crippen molar-refractivity contribution in [3.63, 3.8) is 0 Å². The fraction of sp³-hybridized carbons (Fsp3) is 0.286. The van der Waals surface area contributed by atoms with Crippen molar-refractivity contribution < 1.29 is 9.90 Å². The zero-order valence-corrected chi connectivity index (χ0v) is 9.11. The van der Waals surface area contributed by atoms with E-state index in [0.29, 0.717) is 5.56 Å². The van der Waals surface area contributed by atoms with Gasteiger partial charge in [-0.05, 0) is 12.5 Å². The molecule has 0 amide bonds. The fourth-order valence-electron chi connectivity index (χ4n) is 0.819. The number of carbonyl (C=O) groups is 1. The Kier molecular flexibility index (Phi) is 3.49. The number of carboxylic acid groups (broad SMARTS) is 1. The normalized spacial score (nSPS) is 10.2. The summed E-state index contributed by atoms with van der Waals surface area (Å²) in [4.78, 5) is 11.7. The summed E-state index contributed by atoms with van der Waals surface area (Å²) in [7, 11) is 0. The van der Waals surface area contributed by atoms with Gasteiger partial charge in [0.25, 0.3) is 0 Å². The van der Waals surface area contributed by atoms with Gasteiger partial charge in [0.2, 0.25) is 0 Å². The van der Waals surface area contributed by atoms with Crippen LogP contribution < -0.4 is 0 Å².